The van der Waals surface area contributed by atoms with Crippen molar-refractivity contribution in [3.05, 3.63) is 47.8 Å². The number of hydrogen-bond acceptors (Lipinski definition) is 3. The summed E-state index contributed by atoms with van der Waals surface area (Å²) >= 11 is 0. The quantitative estimate of drug-likeness (QED) is 0.795. The van der Waals surface area contributed by atoms with E-state index >= 15 is 0 Å². The minimum absolute atomic E-state index is 0.124. The Morgan fingerprint density at radius 1 is 1.27 bits per heavy atom. The number of hydrogen-bond donors (Lipinski definition) is 1. The van der Waals surface area contributed by atoms with E-state index in [9.17, 15) is 12.8 Å². The fourth-order valence-corrected chi connectivity index (χ4v) is 3.54. The highest BCUT2D eigenvalue weighted by Crippen LogP contribution is 2.15. The van der Waals surface area contributed by atoms with Crippen LogP contribution < -0.4 is 4.72 Å². The van der Waals surface area contributed by atoms with Crippen molar-refractivity contribution >= 4 is 10.0 Å². The molecular formula is C15H20FN3O2S. The summed E-state index contributed by atoms with van der Waals surface area (Å²) in [6, 6.07) is 3.67. The van der Waals surface area contributed by atoms with Crippen molar-refractivity contribution in [1.29, 1.82) is 0 Å². The second kappa shape index (κ2) is 7.02. The maximum atomic E-state index is 13.0. The first-order valence-electron chi connectivity index (χ1n) is 7.14. The van der Waals surface area contributed by atoms with E-state index < -0.39 is 15.8 Å². The Hall–Kier alpha value is -1.73. The summed E-state index contributed by atoms with van der Waals surface area (Å²) in [5.74, 6) is 0.509. The molecule has 2 aromatic rings. The van der Waals surface area contributed by atoms with Crippen molar-refractivity contribution in [3.8, 4) is 0 Å². The van der Waals surface area contributed by atoms with Gasteiger partial charge in [0, 0.05) is 25.5 Å². The van der Waals surface area contributed by atoms with Crippen LogP contribution in [-0.4, -0.2) is 24.5 Å². The molecule has 0 saturated carbocycles. The van der Waals surface area contributed by atoms with E-state index in [0.29, 0.717) is 12.1 Å². The molecule has 0 radical (unpaired) electrons. The van der Waals surface area contributed by atoms with Crippen LogP contribution in [0, 0.1) is 19.7 Å². The average molecular weight is 325 g/mol. The van der Waals surface area contributed by atoms with Crippen LogP contribution in [0.5, 0.6) is 0 Å². The molecule has 0 fully saturated rings. The molecular weight excluding hydrogens is 305 g/mol. The van der Waals surface area contributed by atoms with Gasteiger partial charge in [0.1, 0.15) is 11.6 Å². The van der Waals surface area contributed by atoms with E-state index in [0.717, 1.165) is 31.3 Å². The molecule has 0 saturated heterocycles. The van der Waals surface area contributed by atoms with Crippen LogP contribution in [0.1, 0.15) is 24.2 Å². The summed E-state index contributed by atoms with van der Waals surface area (Å²) in [6.07, 6.45) is 5.22. The van der Waals surface area contributed by atoms with Crippen molar-refractivity contribution in [2.75, 3.05) is 6.54 Å². The number of aromatic nitrogens is 2. The lowest BCUT2D eigenvalue weighted by Gasteiger charge is -2.10. The van der Waals surface area contributed by atoms with Crippen molar-refractivity contribution in [1.82, 2.24) is 14.3 Å². The largest absolute Gasteiger partial charge is 0.335 e. The Morgan fingerprint density at radius 3 is 2.68 bits per heavy atom. The van der Waals surface area contributed by atoms with E-state index in [1.165, 1.54) is 12.1 Å². The first-order valence-corrected chi connectivity index (χ1v) is 8.62. The first-order chi connectivity index (χ1) is 10.4. The topological polar surface area (TPSA) is 64.0 Å². The SMILES string of the molecule is Cc1cc(F)ccc1S(=O)(=O)NCCCCn1ccnc1C. The van der Waals surface area contributed by atoms with Crippen LogP contribution in [0.15, 0.2) is 35.5 Å². The van der Waals surface area contributed by atoms with E-state index in [1.807, 2.05) is 17.7 Å². The van der Waals surface area contributed by atoms with Crippen LogP contribution >= 0.6 is 0 Å². The Balaban J connectivity index is 1.84. The smallest absolute Gasteiger partial charge is 0.240 e. The van der Waals surface area contributed by atoms with Crippen molar-refractivity contribution < 1.29 is 12.8 Å². The van der Waals surface area contributed by atoms with Gasteiger partial charge in [-0.3, -0.25) is 0 Å². The molecule has 0 spiro atoms. The molecule has 2 rings (SSSR count). The molecule has 0 aliphatic rings. The number of halogens is 1. The van der Waals surface area contributed by atoms with Gasteiger partial charge in [-0.05, 0) is 50.5 Å². The van der Waals surface area contributed by atoms with Gasteiger partial charge in [-0.2, -0.15) is 0 Å². The first kappa shape index (κ1) is 16.6. The number of rotatable bonds is 7. The summed E-state index contributed by atoms with van der Waals surface area (Å²) in [4.78, 5) is 4.26. The summed E-state index contributed by atoms with van der Waals surface area (Å²) < 4.78 is 41.9. The normalized spacial score (nSPS) is 11.8. The second-order valence-corrected chi connectivity index (χ2v) is 6.92. The molecule has 1 N–H and O–H groups in total. The molecule has 7 heteroatoms. The van der Waals surface area contributed by atoms with Crippen LogP contribution in [0.3, 0.4) is 0 Å². The zero-order valence-corrected chi connectivity index (χ0v) is 13.5. The Morgan fingerprint density at radius 2 is 2.05 bits per heavy atom. The fraction of sp³-hybridized carbons (Fsp3) is 0.400. The molecule has 1 heterocycles. The predicted octanol–water partition coefficient (Wildman–Crippen LogP) is 2.40. The van der Waals surface area contributed by atoms with E-state index in [1.54, 1.807) is 13.1 Å². The summed E-state index contributed by atoms with van der Waals surface area (Å²) in [5, 5.41) is 0. The van der Waals surface area contributed by atoms with Crippen LogP contribution in [0.2, 0.25) is 0 Å². The number of imidazole rings is 1. The molecule has 0 atom stereocenters. The van der Waals surface area contributed by atoms with Gasteiger partial charge in [-0.15, -0.1) is 0 Å². The van der Waals surface area contributed by atoms with Gasteiger partial charge in [0.2, 0.25) is 10.0 Å². The number of sulfonamides is 1. The lowest BCUT2D eigenvalue weighted by Crippen LogP contribution is -2.25. The highest BCUT2D eigenvalue weighted by Gasteiger charge is 2.16. The van der Waals surface area contributed by atoms with Crippen LogP contribution in [0.25, 0.3) is 0 Å². The van der Waals surface area contributed by atoms with Gasteiger partial charge < -0.3 is 4.57 Å². The fourth-order valence-electron chi connectivity index (χ4n) is 2.25. The molecule has 0 unspecified atom stereocenters. The Kier molecular flexibility index (Phi) is 5.31. The summed E-state index contributed by atoms with van der Waals surface area (Å²) in [7, 11) is -3.59. The zero-order valence-electron chi connectivity index (χ0n) is 12.7. The molecule has 22 heavy (non-hydrogen) atoms. The van der Waals surface area contributed by atoms with Crippen molar-refractivity contribution in [2.24, 2.45) is 0 Å². The van der Waals surface area contributed by atoms with Crippen LogP contribution in [0.4, 0.5) is 4.39 Å². The van der Waals surface area contributed by atoms with Gasteiger partial charge in [0.05, 0.1) is 4.90 Å². The number of aryl methyl sites for hydroxylation is 3. The monoisotopic (exact) mass is 325 g/mol. The Labute approximate surface area is 130 Å². The third kappa shape index (κ3) is 4.14. The number of benzene rings is 1. The van der Waals surface area contributed by atoms with Crippen molar-refractivity contribution in [3.63, 3.8) is 0 Å². The maximum absolute atomic E-state index is 13.0. The molecule has 0 bridgehead atoms. The minimum Gasteiger partial charge on any atom is -0.335 e. The molecule has 0 amide bonds. The van der Waals surface area contributed by atoms with E-state index in [-0.39, 0.29) is 4.90 Å². The van der Waals surface area contributed by atoms with Gasteiger partial charge in [0.25, 0.3) is 0 Å². The molecule has 120 valence electrons. The molecule has 1 aromatic heterocycles. The molecule has 0 aliphatic heterocycles. The third-order valence-corrected chi connectivity index (χ3v) is 5.09. The summed E-state index contributed by atoms with van der Waals surface area (Å²) in [6.45, 7) is 4.68. The van der Waals surface area contributed by atoms with Gasteiger partial charge in [0.15, 0.2) is 0 Å². The van der Waals surface area contributed by atoms with Gasteiger partial charge in [-0.25, -0.2) is 22.5 Å². The van der Waals surface area contributed by atoms with Gasteiger partial charge in [-0.1, -0.05) is 0 Å². The van der Waals surface area contributed by atoms with Crippen molar-refractivity contribution in [2.45, 2.75) is 38.1 Å². The third-order valence-electron chi connectivity index (χ3n) is 3.47. The number of nitrogens with zero attached hydrogens (tertiary/aromatic N) is 2. The van der Waals surface area contributed by atoms with Gasteiger partial charge >= 0.3 is 0 Å². The molecule has 5 nitrogen and oxygen atoms in total. The van der Waals surface area contributed by atoms with E-state index in [2.05, 4.69) is 9.71 Å². The van der Waals surface area contributed by atoms with E-state index in [4.69, 9.17) is 0 Å². The van der Waals surface area contributed by atoms with Crippen LogP contribution in [-0.2, 0) is 16.6 Å². The zero-order chi connectivity index (χ0) is 16.2. The number of nitrogens with one attached hydrogen (secondary N) is 1. The average Bonchev–Trinajstić information content (AvgIpc) is 2.83. The minimum atomic E-state index is -3.59. The maximum Gasteiger partial charge on any atom is 0.240 e. The molecule has 1 aromatic carbocycles. The number of unbranched alkanes of at least 4 members (excludes halogenated alkanes) is 1. The Bertz CT molecular complexity index is 741. The second-order valence-electron chi connectivity index (χ2n) is 5.18. The lowest BCUT2D eigenvalue weighted by molar-refractivity contribution is 0.562. The molecule has 0 aliphatic carbocycles. The highest BCUT2D eigenvalue weighted by molar-refractivity contribution is 7.89. The lowest BCUT2D eigenvalue weighted by atomic mass is 10.2. The highest BCUT2D eigenvalue weighted by atomic mass is 32.2. The standard InChI is InChI=1S/C15H20FN3O2S/c1-12-11-14(16)5-6-15(12)22(20,21)18-7-3-4-9-19-10-8-17-13(19)2/h5-6,8,10-11,18H,3-4,7,9H2,1-2H3. The predicted molar refractivity (Wildman–Crippen MR) is 82.5 cm³/mol. The summed E-state index contributed by atoms with van der Waals surface area (Å²) in [5.41, 5.74) is 0.404.